The van der Waals surface area contributed by atoms with Crippen LogP contribution >= 0.6 is 23.2 Å². The number of amides is 1. The smallest absolute Gasteiger partial charge is 0.308 e. The number of halogens is 2. The average molecular weight is 444 g/mol. The zero-order chi connectivity index (χ0) is 20.9. The second-order valence-corrected chi connectivity index (χ2v) is 9.44. The largest absolute Gasteiger partial charge is 0.382 e. The Morgan fingerprint density at radius 2 is 1.82 bits per heavy atom. The lowest BCUT2D eigenvalue weighted by molar-refractivity contribution is 0.0722. The molecule has 0 heterocycles. The third kappa shape index (κ3) is 6.12. The lowest BCUT2D eigenvalue weighted by Gasteiger charge is -2.26. The van der Waals surface area contributed by atoms with Gasteiger partial charge in [-0.15, -0.1) is 0 Å². The molecule has 0 radical (unpaired) electrons. The maximum absolute atomic E-state index is 13.1. The molecule has 0 unspecified atom stereocenters. The Morgan fingerprint density at radius 3 is 2.43 bits per heavy atom. The molecule has 0 spiro atoms. The number of carbonyl (C=O) groups is 1. The lowest BCUT2D eigenvalue weighted by Crippen LogP contribution is -2.34. The maximum Gasteiger partial charge on any atom is 0.308 e. The molecule has 0 aliphatic carbocycles. The molecule has 2 aromatic rings. The Bertz CT molecular complexity index is 945. The third-order valence-electron chi connectivity index (χ3n) is 3.93. The molecule has 5 nitrogen and oxygen atoms in total. The second kappa shape index (κ2) is 9.63. The molecular formula is C20H23Cl2NO4S. The molecule has 0 atom stereocenters. The van der Waals surface area contributed by atoms with Gasteiger partial charge in [0.25, 0.3) is 5.91 Å². The van der Waals surface area contributed by atoms with Crippen LogP contribution < -0.4 is 4.18 Å². The van der Waals surface area contributed by atoms with Crippen LogP contribution in [-0.4, -0.2) is 31.5 Å². The second-order valence-electron chi connectivity index (χ2n) is 6.74. The summed E-state index contributed by atoms with van der Waals surface area (Å²) in [4.78, 5) is 14.7. The first-order valence-electron chi connectivity index (χ1n) is 8.87. The number of rotatable bonds is 8. The SMILES string of the molecule is CCS(=O)(=O)Oc1ccc(Cl)cc1CN(CC(C)C)C(=O)c1ccccc1Cl. The van der Waals surface area contributed by atoms with E-state index in [2.05, 4.69) is 0 Å². The predicted molar refractivity (Wildman–Crippen MR) is 113 cm³/mol. The van der Waals surface area contributed by atoms with Crippen LogP contribution in [-0.2, 0) is 16.7 Å². The van der Waals surface area contributed by atoms with Gasteiger partial charge in [-0.25, -0.2) is 0 Å². The van der Waals surface area contributed by atoms with E-state index in [9.17, 15) is 13.2 Å². The summed E-state index contributed by atoms with van der Waals surface area (Å²) in [7, 11) is -3.71. The summed E-state index contributed by atoms with van der Waals surface area (Å²) in [5.41, 5.74) is 0.890. The molecule has 0 aliphatic rings. The summed E-state index contributed by atoms with van der Waals surface area (Å²) >= 11 is 12.3. The van der Waals surface area contributed by atoms with Gasteiger partial charge in [0.2, 0.25) is 0 Å². The van der Waals surface area contributed by atoms with Crippen LogP contribution in [0.25, 0.3) is 0 Å². The van der Waals surface area contributed by atoms with Gasteiger partial charge < -0.3 is 9.08 Å². The van der Waals surface area contributed by atoms with Crippen LogP contribution in [0, 0.1) is 5.92 Å². The van der Waals surface area contributed by atoms with E-state index in [-0.39, 0.29) is 29.9 Å². The van der Waals surface area contributed by atoms with Crippen molar-refractivity contribution in [2.45, 2.75) is 27.3 Å². The molecule has 8 heteroatoms. The summed E-state index contributed by atoms with van der Waals surface area (Å²) in [5, 5.41) is 0.781. The van der Waals surface area contributed by atoms with Crippen LogP contribution in [0.2, 0.25) is 10.0 Å². The topological polar surface area (TPSA) is 63.7 Å². The summed E-state index contributed by atoms with van der Waals surface area (Å²) in [6.45, 7) is 6.07. The molecule has 0 saturated heterocycles. The first kappa shape index (κ1) is 22.5. The van der Waals surface area contributed by atoms with Crippen molar-refractivity contribution in [3.05, 3.63) is 63.6 Å². The van der Waals surface area contributed by atoms with Gasteiger partial charge in [-0.05, 0) is 43.2 Å². The van der Waals surface area contributed by atoms with E-state index in [4.69, 9.17) is 27.4 Å². The average Bonchev–Trinajstić information content (AvgIpc) is 2.63. The van der Waals surface area contributed by atoms with Crippen molar-refractivity contribution in [2.75, 3.05) is 12.3 Å². The zero-order valence-corrected chi connectivity index (χ0v) is 18.3. The Balaban J connectivity index is 2.41. The molecule has 1 amide bonds. The monoisotopic (exact) mass is 443 g/mol. The molecule has 2 aromatic carbocycles. The molecule has 0 aromatic heterocycles. The Hall–Kier alpha value is -1.76. The minimum Gasteiger partial charge on any atom is -0.382 e. The van der Waals surface area contributed by atoms with Gasteiger partial charge in [-0.2, -0.15) is 8.42 Å². The predicted octanol–water partition coefficient (Wildman–Crippen LogP) is 5.02. The van der Waals surface area contributed by atoms with E-state index in [0.717, 1.165) is 0 Å². The Morgan fingerprint density at radius 1 is 1.14 bits per heavy atom. The third-order valence-corrected chi connectivity index (χ3v) is 5.64. The summed E-state index contributed by atoms with van der Waals surface area (Å²) in [6, 6.07) is 11.5. The van der Waals surface area contributed by atoms with E-state index in [1.807, 2.05) is 13.8 Å². The number of nitrogens with zero attached hydrogens (tertiary/aromatic N) is 1. The van der Waals surface area contributed by atoms with E-state index in [1.165, 1.54) is 13.0 Å². The minimum absolute atomic E-state index is 0.136. The fourth-order valence-electron chi connectivity index (χ4n) is 2.62. The van der Waals surface area contributed by atoms with Crippen molar-refractivity contribution in [2.24, 2.45) is 5.92 Å². The highest BCUT2D eigenvalue weighted by Gasteiger charge is 2.22. The Kier molecular flexibility index (Phi) is 7.75. The molecular weight excluding hydrogens is 421 g/mol. The normalized spacial score (nSPS) is 11.5. The summed E-state index contributed by atoms with van der Waals surface area (Å²) in [6.07, 6.45) is 0. The van der Waals surface area contributed by atoms with E-state index < -0.39 is 10.1 Å². The van der Waals surface area contributed by atoms with Crippen LogP contribution in [0.5, 0.6) is 5.75 Å². The molecule has 28 heavy (non-hydrogen) atoms. The quantitative estimate of drug-likeness (QED) is 0.537. The summed E-state index contributed by atoms with van der Waals surface area (Å²) in [5.74, 6) is -0.0616. The van der Waals surface area contributed by atoms with Crippen molar-refractivity contribution in [1.82, 2.24) is 4.90 Å². The van der Waals surface area contributed by atoms with Crippen molar-refractivity contribution in [3.63, 3.8) is 0 Å². The number of benzene rings is 2. The van der Waals surface area contributed by atoms with E-state index >= 15 is 0 Å². The fraction of sp³-hybridized carbons (Fsp3) is 0.350. The summed E-state index contributed by atoms with van der Waals surface area (Å²) < 4.78 is 29.0. The molecule has 0 saturated carbocycles. The molecule has 0 bridgehead atoms. The minimum atomic E-state index is -3.71. The molecule has 152 valence electrons. The molecule has 2 rings (SSSR count). The van der Waals surface area contributed by atoms with E-state index in [1.54, 1.807) is 41.3 Å². The first-order valence-corrected chi connectivity index (χ1v) is 11.2. The van der Waals surface area contributed by atoms with Crippen molar-refractivity contribution < 1.29 is 17.4 Å². The van der Waals surface area contributed by atoms with Gasteiger partial charge in [0.1, 0.15) is 5.75 Å². The highest BCUT2D eigenvalue weighted by atomic mass is 35.5. The molecule has 0 N–H and O–H groups in total. The number of hydrogen-bond acceptors (Lipinski definition) is 4. The van der Waals surface area contributed by atoms with Crippen LogP contribution in [0.15, 0.2) is 42.5 Å². The number of hydrogen-bond donors (Lipinski definition) is 0. The van der Waals surface area contributed by atoms with Gasteiger partial charge in [0.05, 0.1) is 16.3 Å². The van der Waals surface area contributed by atoms with Gasteiger partial charge in [-0.1, -0.05) is 49.2 Å². The van der Waals surface area contributed by atoms with Crippen LogP contribution in [0.3, 0.4) is 0 Å². The number of carbonyl (C=O) groups excluding carboxylic acids is 1. The molecule has 0 aliphatic heterocycles. The van der Waals surface area contributed by atoms with Crippen molar-refractivity contribution in [1.29, 1.82) is 0 Å². The first-order chi connectivity index (χ1) is 13.1. The highest BCUT2D eigenvalue weighted by Crippen LogP contribution is 2.27. The van der Waals surface area contributed by atoms with Crippen LogP contribution in [0.1, 0.15) is 36.7 Å². The highest BCUT2D eigenvalue weighted by molar-refractivity contribution is 7.87. The van der Waals surface area contributed by atoms with Crippen LogP contribution in [0.4, 0.5) is 0 Å². The van der Waals surface area contributed by atoms with E-state index in [0.29, 0.717) is 27.7 Å². The van der Waals surface area contributed by atoms with Crippen molar-refractivity contribution in [3.8, 4) is 5.75 Å². The lowest BCUT2D eigenvalue weighted by atomic mass is 10.1. The van der Waals surface area contributed by atoms with Gasteiger partial charge in [0, 0.05) is 23.7 Å². The molecule has 0 fully saturated rings. The van der Waals surface area contributed by atoms with Crippen molar-refractivity contribution >= 4 is 39.2 Å². The standard InChI is InChI=1S/C20H23Cl2NO4S/c1-4-28(25,26)27-19-10-9-16(21)11-15(19)13-23(12-14(2)3)20(24)17-7-5-6-8-18(17)22/h5-11,14H,4,12-13H2,1-3H3. The fourth-order valence-corrected chi connectivity index (χ4v) is 3.58. The van der Waals surface area contributed by atoms with Gasteiger partial charge >= 0.3 is 10.1 Å². The Labute approximate surface area is 176 Å². The maximum atomic E-state index is 13.1. The zero-order valence-electron chi connectivity index (χ0n) is 16.0. The van der Waals surface area contributed by atoms with Gasteiger partial charge in [-0.3, -0.25) is 4.79 Å². The van der Waals surface area contributed by atoms with Gasteiger partial charge in [0.15, 0.2) is 0 Å².